The Labute approximate surface area is 160 Å². The lowest BCUT2D eigenvalue weighted by atomic mass is 10.0. The van der Waals surface area contributed by atoms with Gasteiger partial charge in [-0.25, -0.2) is 4.98 Å². The minimum atomic E-state index is -0.0669. The number of benzene rings is 2. The Morgan fingerprint density at radius 2 is 1.93 bits per heavy atom. The van der Waals surface area contributed by atoms with Crippen LogP contribution in [0.25, 0.3) is 0 Å². The first kappa shape index (κ1) is 18.6. The topological polar surface area (TPSA) is 51.2 Å². The number of aromatic nitrogens is 1. The SMILES string of the molecule is CCCNc1ncccc1C(=O)c1cccc(OCc2cccc(C)c2)c1. The van der Waals surface area contributed by atoms with Crippen LogP contribution in [0, 0.1) is 6.92 Å². The van der Waals surface area contributed by atoms with E-state index in [2.05, 4.69) is 36.3 Å². The summed E-state index contributed by atoms with van der Waals surface area (Å²) in [6.45, 7) is 5.37. The van der Waals surface area contributed by atoms with Gasteiger partial charge in [0.1, 0.15) is 18.2 Å². The Morgan fingerprint density at radius 1 is 1.07 bits per heavy atom. The summed E-state index contributed by atoms with van der Waals surface area (Å²) in [7, 11) is 0. The first-order chi connectivity index (χ1) is 13.2. The van der Waals surface area contributed by atoms with E-state index in [1.54, 1.807) is 30.5 Å². The van der Waals surface area contributed by atoms with Gasteiger partial charge in [-0.1, -0.05) is 48.9 Å². The van der Waals surface area contributed by atoms with E-state index in [-0.39, 0.29) is 5.78 Å². The van der Waals surface area contributed by atoms with Crippen LogP contribution in [-0.4, -0.2) is 17.3 Å². The van der Waals surface area contributed by atoms with Crippen molar-refractivity contribution in [2.75, 3.05) is 11.9 Å². The Morgan fingerprint density at radius 3 is 2.74 bits per heavy atom. The summed E-state index contributed by atoms with van der Waals surface area (Å²) in [5.74, 6) is 1.23. The van der Waals surface area contributed by atoms with Crippen LogP contribution in [-0.2, 0) is 6.61 Å². The lowest BCUT2D eigenvalue weighted by Crippen LogP contribution is -2.10. The summed E-state index contributed by atoms with van der Waals surface area (Å²) in [5, 5.41) is 3.22. The maximum Gasteiger partial charge on any atom is 0.196 e. The molecule has 3 aromatic rings. The smallest absolute Gasteiger partial charge is 0.196 e. The van der Waals surface area contributed by atoms with Crippen molar-refractivity contribution in [2.24, 2.45) is 0 Å². The third-order valence-electron chi connectivity index (χ3n) is 4.18. The van der Waals surface area contributed by atoms with Crippen LogP contribution in [0.3, 0.4) is 0 Å². The normalized spacial score (nSPS) is 10.4. The second-order valence-corrected chi connectivity index (χ2v) is 6.46. The van der Waals surface area contributed by atoms with Crippen molar-refractivity contribution >= 4 is 11.6 Å². The number of ketones is 1. The molecule has 4 heteroatoms. The van der Waals surface area contributed by atoms with Crippen molar-refractivity contribution in [3.05, 3.63) is 89.1 Å². The highest BCUT2D eigenvalue weighted by Crippen LogP contribution is 2.21. The zero-order valence-corrected chi connectivity index (χ0v) is 15.7. The van der Waals surface area contributed by atoms with Gasteiger partial charge >= 0.3 is 0 Å². The maximum absolute atomic E-state index is 13.0. The summed E-state index contributed by atoms with van der Waals surface area (Å²) in [6, 6.07) is 19.1. The van der Waals surface area contributed by atoms with Crippen LogP contribution in [0.4, 0.5) is 5.82 Å². The molecule has 27 heavy (non-hydrogen) atoms. The number of nitrogens with one attached hydrogen (secondary N) is 1. The predicted molar refractivity (Wildman–Crippen MR) is 108 cm³/mol. The highest BCUT2D eigenvalue weighted by atomic mass is 16.5. The van der Waals surface area contributed by atoms with E-state index in [4.69, 9.17) is 4.74 Å². The quantitative estimate of drug-likeness (QED) is 0.573. The van der Waals surface area contributed by atoms with E-state index in [1.165, 1.54) is 5.56 Å². The standard InChI is InChI=1S/C23H24N2O2/c1-3-12-24-23-21(11-6-13-25-23)22(26)19-9-5-10-20(15-19)27-16-18-8-4-7-17(2)14-18/h4-11,13-15H,3,12,16H2,1-2H3,(H,24,25). The van der Waals surface area contributed by atoms with E-state index in [9.17, 15) is 4.79 Å². The number of rotatable bonds is 8. The molecule has 0 aliphatic rings. The van der Waals surface area contributed by atoms with Gasteiger partial charge in [-0.3, -0.25) is 4.79 Å². The van der Waals surface area contributed by atoms with Crippen LogP contribution in [0.5, 0.6) is 5.75 Å². The van der Waals surface area contributed by atoms with Crippen LogP contribution < -0.4 is 10.1 Å². The van der Waals surface area contributed by atoms with Crippen molar-refractivity contribution in [3.63, 3.8) is 0 Å². The van der Waals surface area contributed by atoms with E-state index in [1.807, 2.05) is 24.3 Å². The maximum atomic E-state index is 13.0. The molecule has 0 fully saturated rings. The number of anilines is 1. The first-order valence-electron chi connectivity index (χ1n) is 9.19. The van der Waals surface area contributed by atoms with Crippen molar-refractivity contribution in [1.29, 1.82) is 0 Å². The Hall–Kier alpha value is -3.14. The van der Waals surface area contributed by atoms with Gasteiger partial charge in [0, 0.05) is 18.3 Å². The highest BCUT2D eigenvalue weighted by Gasteiger charge is 2.15. The molecule has 0 amide bonds. The largest absolute Gasteiger partial charge is 0.489 e. The minimum absolute atomic E-state index is 0.0669. The second kappa shape index (κ2) is 8.99. The molecule has 0 aliphatic heterocycles. The predicted octanol–water partition coefficient (Wildman–Crippen LogP) is 5.02. The number of carbonyl (C=O) groups is 1. The summed E-state index contributed by atoms with van der Waals surface area (Å²) >= 11 is 0. The molecule has 1 N–H and O–H groups in total. The van der Waals surface area contributed by atoms with Crippen LogP contribution in [0.2, 0.25) is 0 Å². The van der Waals surface area contributed by atoms with Crippen LogP contribution >= 0.6 is 0 Å². The third kappa shape index (κ3) is 4.94. The van der Waals surface area contributed by atoms with Gasteiger partial charge < -0.3 is 10.1 Å². The van der Waals surface area contributed by atoms with Gasteiger partial charge in [0.2, 0.25) is 0 Å². The number of hydrogen-bond acceptors (Lipinski definition) is 4. The fourth-order valence-electron chi connectivity index (χ4n) is 2.82. The van der Waals surface area contributed by atoms with E-state index >= 15 is 0 Å². The summed E-state index contributed by atoms with van der Waals surface area (Å²) in [5.41, 5.74) is 3.46. The number of hydrogen-bond donors (Lipinski definition) is 1. The van der Waals surface area contributed by atoms with Crippen molar-refractivity contribution in [3.8, 4) is 5.75 Å². The van der Waals surface area contributed by atoms with Crippen molar-refractivity contribution < 1.29 is 9.53 Å². The van der Waals surface area contributed by atoms with Gasteiger partial charge in [0.15, 0.2) is 5.78 Å². The lowest BCUT2D eigenvalue weighted by molar-refractivity contribution is 0.103. The first-order valence-corrected chi connectivity index (χ1v) is 9.19. The van der Waals surface area contributed by atoms with Gasteiger partial charge in [-0.15, -0.1) is 0 Å². The number of carbonyl (C=O) groups excluding carboxylic acids is 1. The van der Waals surface area contributed by atoms with E-state index < -0.39 is 0 Å². The number of ether oxygens (including phenoxy) is 1. The Kier molecular flexibility index (Phi) is 6.21. The molecule has 0 saturated carbocycles. The van der Waals surface area contributed by atoms with E-state index in [0.29, 0.717) is 29.3 Å². The van der Waals surface area contributed by atoms with Gasteiger partial charge in [-0.2, -0.15) is 0 Å². The third-order valence-corrected chi connectivity index (χ3v) is 4.18. The molecule has 0 aliphatic carbocycles. The molecular formula is C23H24N2O2. The molecule has 0 unspecified atom stereocenters. The van der Waals surface area contributed by atoms with E-state index in [0.717, 1.165) is 18.5 Å². The number of nitrogens with zero attached hydrogens (tertiary/aromatic N) is 1. The second-order valence-electron chi connectivity index (χ2n) is 6.46. The molecular weight excluding hydrogens is 336 g/mol. The lowest BCUT2D eigenvalue weighted by Gasteiger charge is -2.11. The molecule has 138 valence electrons. The molecule has 0 atom stereocenters. The number of pyridine rings is 1. The summed E-state index contributed by atoms with van der Waals surface area (Å²) in [4.78, 5) is 17.3. The zero-order chi connectivity index (χ0) is 19.1. The van der Waals surface area contributed by atoms with Crippen LogP contribution in [0.1, 0.15) is 40.4 Å². The summed E-state index contributed by atoms with van der Waals surface area (Å²) in [6.07, 6.45) is 2.66. The molecule has 0 spiro atoms. The highest BCUT2D eigenvalue weighted by molar-refractivity contribution is 6.12. The Balaban J connectivity index is 1.76. The van der Waals surface area contributed by atoms with Gasteiger partial charge in [-0.05, 0) is 43.2 Å². The van der Waals surface area contributed by atoms with Gasteiger partial charge in [0.05, 0.1) is 5.56 Å². The molecule has 0 radical (unpaired) electrons. The number of aryl methyl sites for hydroxylation is 1. The Bertz CT molecular complexity index is 922. The van der Waals surface area contributed by atoms with Crippen molar-refractivity contribution in [1.82, 2.24) is 4.98 Å². The fourth-order valence-corrected chi connectivity index (χ4v) is 2.82. The van der Waals surface area contributed by atoms with Crippen LogP contribution in [0.15, 0.2) is 66.9 Å². The monoisotopic (exact) mass is 360 g/mol. The minimum Gasteiger partial charge on any atom is -0.489 e. The van der Waals surface area contributed by atoms with Crippen molar-refractivity contribution in [2.45, 2.75) is 26.9 Å². The molecule has 3 rings (SSSR count). The zero-order valence-electron chi connectivity index (χ0n) is 15.7. The molecule has 0 bridgehead atoms. The molecule has 2 aromatic carbocycles. The fraction of sp³-hybridized carbons (Fsp3) is 0.217. The molecule has 4 nitrogen and oxygen atoms in total. The average Bonchev–Trinajstić information content (AvgIpc) is 2.71. The molecule has 1 heterocycles. The summed E-state index contributed by atoms with van der Waals surface area (Å²) < 4.78 is 5.89. The van der Waals surface area contributed by atoms with Gasteiger partial charge in [0.25, 0.3) is 0 Å². The molecule has 1 aromatic heterocycles. The molecule has 0 saturated heterocycles. The average molecular weight is 360 g/mol.